The second-order valence-corrected chi connectivity index (χ2v) is 17.2. The van der Waals surface area contributed by atoms with E-state index in [0.717, 1.165) is 58.9 Å². The molecule has 72 heavy (non-hydrogen) atoms. The van der Waals surface area contributed by atoms with E-state index in [9.17, 15) is 24.0 Å². The minimum Gasteiger partial charge on any atom is -0.493 e. The lowest BCUT2D eigenvalue weighted by atomic mass is 9.93. The van der Waals surface area contributed by atoms with Gasteiger partial charge < -0.3 is 44.4 Å². The average Bonchev–Trinajstić information content (AvgIpc) is 3.38. The van der Waals surface area contributed by atoms with Gasteiger partial charge in [0.1, 0.15) is 12.9 Å². The van der Waals surface area contributed by atoms with Crippen LogP contribution in [-0.2, 0) is 43.4 Å². The maximum atomic E-state index is 13.5. The lowest BCUT2D eigenvalue weighted by Crippen LogP contribution is -2.41. The molecule has 0 spiro atoms. The number of rotatable bonds is 28. The average molecular weight is 984 g/mol. The number of hydrazine groups is 1. The number of methoxy groups -OCH3 is 2. The van der Waals surface area contributed by atoms with E-state index in [4.69, 9.17) is 28.7 Å². The first-order valence-corrected chi connectivity index (χ1v) is 24.2. The van der Waals surface area contributed by atoms with E-state index >= 15 is 0 Å². The Morgan fingerprint density at radius 2 is 1.43 bits per heavy atom. The molecular weight excluding hydrogens is 919 g/mol. The number of nitrogens with one attached hydrogen (secondary N) is 6. The van der Waals surface area contributed by atoms with Gasteiger partial charge in [0.15, 0.2) is 23.0 Å². The van der Waals surface area contributed by atoms with Gasteiger partial charge in [-0.25, -0.2) is 10.2 Å². The molecule has 1 aliphatic heterocycles. The summed E-state index contributed by atoms with van der Waals surface area (Å²) >= 11 is 0. The van der Waals surface area contributed by atoms with Crippen molar-refractivity contribution < 1.29 is 47.7 Å². The third-order valence-electron chi connectivity index (χ3n) is 11.9. The molecule has 5 aromatic carbocycles. The second-order valence-electron chi connectivity index (χ2n) is 17.2. The van der Waals surface area contributed by atoms with Crippen molar-refractivity contribution in [2.24, 2.45) is 4.99 Å². The van der Waals surface area contributed by atoms with Crippen molar-refractivity contribution in [1.82, 2.24) is 21.5 Å². The Labute approximate surface area is 420 Å². The molecule has 1 unspecified atom stereocenters. The van der Waals surface area contributed by atoms with Crippen LogP contribution in [0, 0.1) is 0 Å². The molecule has 0 aliphatic carbocycles. The van der Waals surface area contributed by atoms with Gasteiger partial charge in [-0.05, 0) is 111 Å². The topological polar surface area (TPSA) is 216 Å². The molecule has 6 rings (SSSR count). The van der Waals surface area contributed by atoms with E-state index in [1.54, 1.807) is 50.8 Å². The predicted octanol–water partition coefficient (Wildman–Crippen LogP) is 8.26. The SMILES string of the molecule is CN[C@H](C)Cc1ccccc1-c1cc(OC)c(OCCCCCOc2cc3c(cc2OC)-c2ccccc2CC(NC=O)/C=N\3)cc1NC(=O)OCc1ccc(NC(=O)CNNC(=O)CCCCC=O)cc1. The highest BCUT2D eigenvalue weighted by Crippen LogP contribution is 2.43. The van der Waals surface area contributed by atoms with E-state index in [-0.39, 0.29) is 43.5 Å². The second kappa shape index (κ2) is 28.2. The van der Waals surface area contributed by atoms with Crippen LogP contribution in [0.5, 0.6) is 23.0 Å². The Bertz CT molecular complexity index is 2640. The van der Waals surface area contributed by atoms with E-state index < -0.39 is 6.09 Å². The minimum absolute atomic E-state index is 0.0440. The number of hydrogen-bond donors (Lipinski definition) is 6. The first-order valence-electron chi connectivity index (χ1n) is 24.2. The molecule has 0 fully saturated rings. The monoisotopic (exact) mass is 983 g/mol. The summed E-state index contributed by atoms with van der Waals surface area (Å²) in [7, 11) is 5.12. The summed E-state index contributed by atoms with van der Waals surface area (Å²) in [5.41, 5.74) is 13.2. The highest BCUT2D eigenvalue weighted by Gasteiger charge is 2.21. The number of aliphatic imine (C=N–C) groups is 1. The number of carbonyl (C=O) groups excluding carboxylic acids is 5. The van der Waals surface area contributed by atoms with Gasteiger partial charge in [0.25, 0.3) is 0 Å². The number of ether oxygens (including phenoxy) is 5. The number of nitrogens with zero attached hydrogens (tertiary/aromatic N) is 1. The van der Waals surface area contributed by atoms with E-state index in [2.05, 4.69) is 51.2 Å². The maximum Gasteiger partial charge on any atom is 0.411 e. The summed E-state index contributed by atoms with van der Waals surface area (Å²) in [6.07, 6.45) is 8.04. The van der Waals surface area contributed by atoms with Gasteiger partial charge in [0.2, 0.25) is 18.2 Å². The molecule has 6 N–H and O–H groups in total. The summed E-state index contributed by atoms with van der Waals surface area (Å²) in [6, 6.07) is 30.3. The number of unbranched alkanes of at least 4 members (excludes halogenated alkanes) is 4. The Morgan fingerprint density at radius 1 is 0.736 bits per heavy atom. The lowest BCUT2D eigenvalue weighted by Gasteiger charge is -2.21. The summed E-state index contributed by atoms with van der Waals surface area (Å²) < 4.78 is 29.9. The van der Waals surface area contributed by atoms with Crippen LogP contribution in [0.25, 0.3) is 22.3 Å². The van der Waals surface area contributed by atoms with E-state index in [1.165, 1.54) is 0 Å². The van der Waals surface area contributed by atoms with Crippen LogP contribution in [0.3, 0.4) is 0 Å². The molecule has 0 saturated carbocycles. The fourth-order valence-corrected chi connectivity index (χ4v) is 8.03. The van der Waals surface area contributed by atoms with Crippen molar-refractivity contribution in [3.8, 4) is 45.3 Å². The summed E-state index contributed by atoms with van der Waals surface area (Å²) in [6.45, 7) is 2.71. The standard InChI is InChI=1S/C55H65N7O10/c1-37(56-2)27-39-15-8-10-17-43(39)46-30-50(69-4)52(32-48(46)61-55(67)72-35-38-20-22-41(23-21-38)60-54(66)34-59-62-53(65)19-7-5-12-24-63)71-26-14-6-13-25-70-51-31-47-45(29-49(51)68-3)44-18-11-9-16-40(44)28-42(33-57-47)58-36-64/h8-11,15-18,20-24,29-33,36-37,42,56,59H,5-7,12-14,19,25-28,34-35H2,1-4H3,(H,58,64)(H,60,66)(H,61,67)(H,62,65)/b57-33-/t37-,42?/m1/s1. The normalized spacial score (nSPS) is 13.4. The minimum atomic E-state index is -0.681. The Balaban J connectivity index is 1.06. The predicted molar refractivity (Wildman–Crippen MR) is 278 cm³/mol. The molecule has 4 amide bonds. The molecule has 380 valence electrons. The van der Waals surface area contributed by atoms with Crippen LogP contribution in [0.1, 0.15) is 68.6 Å². The van der Waals surface area contributed by atoms with Crippen molar-refractivity contribution in [3.63, 3.8) is 0 Å². The molecule has 17 heteroatoms. The third-order valence-corrected chi connectivity index (χ3v) is 11.9. The number of hydrogen-bond acceptors (Lipinski definition) is 13. The van der Waals surface area contributed by atoms with Gasteiger partial charge in [-0.2, -0.15) is 0 Å². The highest BCUT2D eigenvalue weighted by atomic mass is 16.5. The van der Waals surface area contributed by atoms with Gasteiger partial charge in [-0.15, -0.1) is 0 Å². The van der Waals surface area contributed by atoms with Gasteiger partial charge in [-0.3, -0.25) is 30.1 Å². The zero-order valence-electron chi connectivity index (χ0n) is 41.3. The van der Waals surface area contributed by atoms with E-state index in [1.807, 2.05) is 61.6 Å². The Hall–Kier alpha value is -7.76. The number of aldehydes is 1. The van der Waals surface area contributed by atoms with Crippen LogP contribution >= 0.6 is 0 Å². The highest BCUT2D eigenvalue weighted by molar-refractivity contribution is 5.94. The van der Waals surface area contributed by atoms with Crippen LogP contribution in [0.4, 0.5) is 21.9 Å². The van der Waals surface area contributed by atoms with Crippen LogP contribution in [-0.4, -0.2) is 89.9 Å². The first kappa shape index (κ1) is 53.6. The number of carbonyl (C=O) groups is 5. The molecule has 1 heterocycles. The number of benzene rings is 5. The number of amides is 4. The van der Waals surface area contributed by atoms with Crippen molar-refractivity contribution in [2.75, 3.05) is 51.7 Å². The smallest absolute Gasteiger partial charge is 0.411 e. The zero-order valence-corrected chi connectivity index (χ0v) is 41.3. The molecule has 17 nitrogen and oxygen atoms in total. The molecule has 0 bridgehead atoms. The summed E-state index contributed by atoms with van der Waals surface area (Å²) in [5, 5.41) is 11.9. The van der Waals surface area contributed by atoms with Gasteiger partial charge in [0, 0.05) is 54.0 Å². The Kier molecular flexibility index (Phi) is 21.0. The quantitative estimate of drug-likeness (QED) is 0.0159. The number of likely N-dealkylation sites (N-methyl/N-ethyl adjacent to an activating group) is 1. The fraction of sp³-hybridized carbons (Fsp3) is 0.345. The first-order chi connectivity index (χ1) is 35.1. The number of anilines is 2. The zero-order chi connectivity index (χ0) is 51.1. The number of fused-ring (bicyclic) bond motifs is 3. The maximum absolute atomic E-state index is 13.5. The van der Waals surface area contributed by atoms with Crippen LogP contribution in [0.15, 0.2) is 102 Å². The summed E-state index contributed by atoms with van der Waals surface area (Å²) in [4.78, 5) is 64.3. The molecule has 5 aromatic rings. The lowest BCUT2D eigenvalue weighted by molar-refractivity contribution is -0.122. The molecule has 0 aromatic heterocycles. The molecule has 2 atom stereocenters. The van der Waals surface area contributed by atoms with Gasteiger partial charge >= 0.3 is 6.09 Å². The fourth-order valence-electron chi connectivity index (χ4n) is 8.03. The molecule has 0 saturated heterocycles. The Morgan fingerprint density at radius 3 is 2.14 bits per heavy atom. The van der Waals surface area contributed by atoms with E-state index in [0.29, 0.717) is 97.4 Å². The van der Waals surface area contributed by atoms with Crippen molar-refractivity contribution >= 4 is 53.9 Å². The molecular formula is C55H65N7O10. The molecule has 0 radical (unpaired) electrons. The van der Waals surface area contributed by atoms with Crippen LogP contribution < -0.4 is 51.1 Å². The van der Waals surface area contributed by atoms with Gasteiger partial charge in [-0.1, -0.05) is 60.7 Å². The van der Waals surface area contributed by atoms with Crippen LogP contribution in [0.2, 0.25) is 0 Å². The summed E-state index contributed by atoms with van der Waals surface area (Å²) in [5.74, 6) is 1.49. The molecule has 1 aliphatic rings. The van der Waals surface area contributed by atoms with Crippen molar-refractivity contribution in [2.45, 2.75) is 83.4 Å². The third kappa shape index (κ3) is 15.9. The van der Waals surface area contributed by atoms with Crippen molar-refractivity contribution in [3.05, 3.63) is 114 Å². The van der Waals surface area contributed by atoms with Gasteiger partial charge in [0.05, 0.1) is 51.4 Å². The largest absolute Gasteiger partial charge is 0.493 e. The van der Waals surface area contributed by atoms with Crippen molar-refractivity contribution in [1.29, 1.82) is 0 Å².